The van der Waals surface area contributed by atoms with Gasteiger partial charge < -0.3 is 19.7 Å². The Labute approximate surface area is 156 Å². The van der Waals surface area contributed by atoms with Crippen LogP contribution in [-0.2, 0) is 11.2 Å². The monoisotopic (exact) mass is 361 g/mol. The molecule has 1 saturated heterocycles. The third kappa shape index (κ3) is 2.33. The Hall–Kier alpha value is -3.28. The number of anilines is 2. The van der Waals surface area contributed by atoms with Crippen LogP contribution in [-0.4, -0.2) is 31.4 Å². The number of benzene rings is 2. The Kier molecular flexibility index (Phi) is 3.47. The first-order valence-electron chi connectivity index (χ1n) is 8.98. The summed E-state index contributed by atoms with van der Waals surface area (Å²) in [7, 11) is 1.60. The van der Waals surface area contributed by atoms with Gasteiger partial charge in [-0.05, 0) is 23.8 Å². The molecule has 2 N–H and O–H groups in total. The number of methoxy groups -OCH3 is 1. The van der Waals surface area contributed by atoms with Crippen LogP contribution < -0.4 is 19.7 Å². The van der Waals surface area contributed by atoms with Gasteiger partial charge in [-0.15, -0.1) is 0 Å². The minimum Gasteiger partial charge on any atom is -0.497 e. The van der Waals surface area contributed by atoms with E-state index >= 15 is 0 Å². The van der Waals surface area contributed by atoms with Crippen molar-refractivity contribution in [3.63, 3.8) is 0 Å². The lowest BCUT2D eigenvalue weighted by molar-refractivity contribution is -0.115. The van der Waals surface area contributed by atoms with Crippen molar-refractivity contribution in [2.45, 2.75) is 18.9 Å². The van der Waals surface area contributed by atoms with Crippen molar-refractivity contribution in [2.24, 2.45) is 0 Å². The standard InChI is InChI=1S/C21H19N3O3/c1-26-13-6-7-18-17(11-13)24-16(8-9-27-18)20(25)19(21(24)22)15-10-12-4-2-3-5-14(12)23-15/h2-7,11,16,22-23H,8-10H2,1H3/t16-/m0/s1. The van der Waals surface area contributed by atoms with Crippen molar-refractivity contribution in [1.82, 2.24) is 0 Å². The third-order valence-corrected chi connectivity index (χ3v) is 5.38. The molecular weight excluding hydrogens is 342 g/mol. The highest BCUT2D eigenvalue weighted by atomic mass is 16.5. The number of amidine groups is 1. The summed E-state index contributed by atoms with van der Waals surface area (Å²) >= 11 is 0. The number of nitrogens with zero attached hydrogens (tertiary/aromatic N) is 1. The van der Waals surface area contributed by atoms with Crippen molar-refractivity contribution in [1.29, 1.82) is 5.41 Å². The molecule has 2 aromatic carbocycles. The van der Waals surface area contributed by atoms with Gasteiger partial charge in [0.05, 0.1) is 25.0 Å². The van der Waals surface area contributed by atoms with E-state index in [4.69, 9.17) is 14.9 Å². The maximum absolute atomic E-state index is 13.2. The molecule has 0 bridgehead atoms. The number of Topliss-reactive ketones (excluding diaryl/α,β-unsaturated/α-hetero) is 1. The van der Waals surface area contributed by atoms with Crippen molar-refractivity contribution in [3.05, 3.63) is 59.3 Å². The zero-order chi connectivity index (χ0) is 18.5. The van der Waals surface area contributed by atoms with Gasteiger partial charge in [-0.2, -0.15) is 0 Å². The van der Waals surface area contributed by atoms with Crippen LogP contribution in [0.25, 0.3) is 0 Å². The van der Waals surface area contributed by atoms with E-state index in [2.05, 4.69) is 5.32 Å². The van der Waals surface area contributed by atoms with E-state index in [-0.39, 0.29) is 11.6 Å². The molecule has 0 unspecified atom stereocenters. The molecule has 3 aliphatic heterocycles. The predicted octanol–water partition coefficient (Wildman–Crippen LogP) is 3.13. The predicted molar refractivity (Wildman–Crippen MR) is 103 cm³/mol. The van der Waals surface area contributed by atoms with E-state index in [1.54, 1.807) is 12.0 Å². The number of ether oxygens (including phenoxy) is 2. The minimum absolute atomic E-state index is 0.0189. The maximum atomic E-state index is 13.2. The molecule has 6 nitrogen and oxygen atoms in total. The summed E-state index contributed by atoms with van der Waals surface area (Å²) in [6.07, 6.45) is 1.18. The number of hydrogen-bond acceptors (Lipinski definition) is 5. The highest BCUT2D eigenvalue weighted by molar-refractivity contribution is 6.35. The summed E-state index contributed by atoms with van der Waals surface area (Å²) < 4.78 is 11.2. The summed E-state index contributed by atoms with van der Waals surface area (Å²) in [4.78, 5) is 15.0. The van der Waals surface area contributed by atoms with Crippen molar-refractivity contribution >= 4 is 23.0 Å². The highest BCUT2D eigenvalue weighted by Gasteiger charge is 2.45. The molecule has 2 aromatic rings. The second-order valence-corrected chi connectivity index (χ2v) is 6.88. The van der Waals surface area contributed by atoms with Crippen LogP contribution in [0.2, 0.25) is 0 Å². The number of rotatable bonds is 1. The molecule has 136 valence electrons. The normalized spacial score (nSPS) is 23.1. The third-order valence-electron chi connectivity index (χ3n) is 5.38. The van der Waals surface area contributed by atoms with Crippen LogP contribution in [0.1, 0.15) is 12.0 Å². The van der Waals surface area contributed by atoms with E-state index in [0.29, 0.717) is 42.2 Å². The summed E-state index contributed by atoms with van der Waals surface area (Å²) in [5.74, 6) is 1.55. The number of carbonyl (C=O) groups is 1. The van der Waals surface area contributed by atoms with E-state index in [0.717, 1.165) is 16.9 Å². The van der Waals surface area contributed by atoms with Crippen LogP contribution in [0.3, 0.4) is 0 Å². The quantitative estimate of drug-likeness (QED) is 0.764. The van der Waals surface area contributed by atoms with Gasteiger partial charge in [-0.1, -0.05) is 18.2 Å². The maximum Gasteiger partial charge on any atom is 0.191 e. The summed E-state index contributed by atoms with van der Waals surface area (Å²) in [6.45, 7) is 0.440. The fourth-order valence-corrected chi connectivity index (χ4v) is 4.08. The van der Waals surface area contributed by atoms with E-state index in [1.807, 2.05) is 42.5 Å². The van der Waals surface area contributed by atoms with Crippen molar-refractivity contribution in [2.75, 3.05) is 23.9 Å². The van der Waals surface area contributed by atoms with Gasteiger partial charge in [-0.25, -0.2) is 0 Å². The topological polar surface area (TPSA) is 74.7 Å². The Morgan fingerprint density at radius 2 is 2.11 bits per heavy atom. The first-order valence-corrected chi connectivity index (χ1v) is 8.98. The second kappa shape index (κ2) is 5.87. The molecule has 0 saturated carbocycles. The average molecular weight is 361 g/mol. The van der Waals surface area contributed by atoms with Gasteiger partial charge in [-0.3, -0.25) is 10.2 Å². The van der Waals surface area contributed by atoms with Gasteiger partial charge >= 0.3 is 0 Å². The zero-order valence-corrected chi connectivity index (χ0v) is 14.9. The highest BCUT2D eigenvalue weighted by Crippen LogP contribution is 2.42. The van der Waals surface area contributed by atoms with Crippen LogP contribution in [0.4, 0.5) is 11.4 Å². The number of carbonyl (C=O) groups excluding carboxylic acids is 1. The van der Waals surface area contributed by atoms with Crippen LogP contribution in [0.5, 0.6) is 11.5 Å². The van der Waals surface area contributed by atoms with Crippen LogP contribution >= 0.6 is 0 Å². The van der Waals surface area contributed by atoms with Gasteiger partial charge in [0.25, 0.3) is 0 Å². The van der Waals surface area contributed by atoms with E-state index in [9.17, 15) is 4.79 Å². The molecule has 0 aliphatic carbocycles. The number of nitrogens with one attached hydrogen (secondary N) is 2. The fraction of sp³-hybridized carbons (Fsp3) is 0.238. The zero-order valence-electron chi connectivity index (χ0n) is 14.9. The van der Waals surface area contributed by atoms with Crippen molar-refractivity contribution in [3.8, 4) is 11.5 Å². The number of allylic oxidation sites excluding steroid dienone is 1. The molecule has 3 heterocycles. The lowest BCUT2D eigenvalue weighted by atomic mass is 10.0. The number of hydrogen-bond donors (Lipinski definition) is 2. The second-order valence-electron chi connectivity index (χ2n) is 6.88. The summed E-state index contributed by atoms with van der Waals surface area (Å²) in [5.41, 5.74) is 4.15. The number of fused-ring (bicyclic) bond motifs is 4. The smallest absolute Gasteiger partial charge is 0.191 e. The molecule has 6 heteroatoms. The van der Waals surface area contributed by atoms with Gasteiger partial charge in [0.2, 0.25) is 0 Å². The van der Waals surface area contributed by atoms with Crippen LogP contribution in [0.15, 0.2) is 53.7 Å². The van der Waals surface area contributed by atoms with Crippen molar-refractivity contribution < 1.29 is 14.3 Å². The Balaban J connectivity index is 1.61. The summed E-state index contributed by atoms with van der Waals surface area (Å²) in [6, 6.07) is 13.1. The van der Waals surface area contributed by atoms with Gasteiger partial charge in [0.15, 0.2) is 5.78 Å². The molecular formula is C21H19N3O3. The molecule has 5 rings (SSSR count). The first kappa shape index (κ1) is 15.9. The number of ketones is 1. The van der Waals surface area contributed by atoms with Gasteiger partial charge in [0.1, 0.15) is 23.4 Å². The largest absolute Gasteiger partial charge is 0.497 e. The molecule has 0 radical (unpaired) electrons. The Bertz CT molecular complexity index is 984. The van der Waals surface area contributed by atoms with Gasteiger partial charge in [0, 0.05) is 30.3 Å². The molecule has 1 fully saturated rings. The van der Waals surface area contributed by atoms with E-state index in [1.165, 1.54) is 0 Å². The molecule has 27 heavy (non-hydrogen) atoms. The molecule has 0 amide bonds. The Morgan fingerprint density at radius 3 is 2.93 bits per heavy atom. The lowest BCUT2D eigenvalue weighted by Gasteiger charge is -2.23. The fourth-order valence-electron chi connectivity index (χ4n) is 4.08. The average Bonchev–Trinajstić information content (AvgIpc) is 3.13. The summed E-state index contributed by atoms with van der Waals surface area (Å²) in [5, 5.41) is 12.1. The molecule has 0 spiro atoms. The molecule has 1 atom stereocenters. The van der Waals surface area contributed by atoms with E-state index < -0.39 is 6.04 Å². The lowest BCUT2D eigenvalue weighted by Crippen LogP contribution is -2.34. The molecule has 3 aliphatic rings. The Morgan fingerprint density at radius 1 is 1.26 bits per heavy atom. The first-order chi connectivity index (χ1) is 13.2. The SMILES string of the molecule is COc1ccc2c(c1)N1C(=N)C(=C3Cc4ccccc4N3)C(=O)[C@@H]1CCO2. The number of para-hydroxylation sites is 1. The van der Waals surface area contributed by atoms with Crippen LogP contribution in [0, 0.1) is 5.41 Å². The molecule has 0 aromatic heterocycles. The minimum atomic E-state index is -0.418.